The Kier molecular flexibility index (Phi) is 3.40. The Morgan fingerprint density at radius 3 is 2.47 bits per heavy atom. The van der Waals surface area contributed by atoms with Gasteiger partial charge in [-0.3, -0.25) is 0 Å². The third kappa shape index (κ3) is 2.45. The van der Waals surface area contributed by atoms with E-state index >= 15 is 0 Å². The fourth-order valence-corrected chi connectivity index (χ4v) is 2.09. The molecule has 1 aromatic rings. The summed E-state index contributed by atoms with van der Waals surface area (Å²) in [6.45, 7) is 2.13. The van der Waals surface area contributed by atoms with Gasteiger partial charge in [-0.1, -0.05) is 0 Å². The largest absolute Gasteiger partial charge is 0.388 e. The molecule has 1 aromatic carbocycles. The van der Waals surface area contributed by atoms with E-state index in [0.29, 0.717) is 25.2 Å². The molecule has 1 saturated heterocycles. The first kappa shape index (κ1) is 12.4. The Bertz CT molecular complexity index is 422. The molecular formula is C12H13F3O2. The minimum absolute atomic E-state index is 0.0111. The van der Waals surface area contributed by atoms with E-state index in [1.807, 2.05) is 6.92 Å². The topological polar surface area (TPSA) is 29.5 Å². The second-order valence-corrected chi connectivity index (χ2v) is 4.37. The van der Waals surface area contributed by atoms with Crippen molar-refractivity contribution in [2.75, 3.05) is 6.61 Å². The highest BCUT2D eigenvalue weighted by molar-refractivity contribution is 5.23. The van der Waals surface area contributed by atoms with E-state index in [1.165, 1.54) is 0 Å². The summed E-state index contributed by atoms with van der Waals surface area (Å²) in [7, 11) is 0. The lowest BCUT2D eigenvalue weighted by Gasteiger charge is -2.17. The molecule has 17 heavy (non-hydrogen) atoms. The lowest BCUT2D eigenvalue weighted by molar-refractivity contribution is 0.0781. The molecule has 94 valence electrons. The average Bonchev–Trinajstić information content (AvgIpc) is 2.69. The highest BCUT2D eigenvalue weighted by Crippen LogP contribution is 2.33. The molecule has 1 fully saturated rings. The van der Waals surface area contributed by atoms with Gasteiger partial charge in [-0.25, -0.2) is 13.2 Å². The van der Waals surface area contributed by atoms with Gasteiger partial charge in [0, 0.05) is 17.5 Å². The van der Waals surface area contributed by atoms with E-state index in [-0.39, 0.29) is 17.6 Å². The predicted molar refractivity (Wildman–Crippen MR) is 54.8 cm³/mol. The molecule has 0 aliphatic carbocycles. The molecule has 2 rings (SSSR count). The molecular weight excluding hydrogens is 233 g/mol. The number of hydrogen-bond acceptors (Lipinski definition) is 2. The Balaban J connectivity index is 2.24. The molecule has 1 aliphatic rings. The zero-order chi connectivity index (χ0) is 12.6. The number of aliphatic hydroxyl groups excluding tert-OH is 1. The van der Waals surface area contributed by atoms with E-state index in [0.717, 1.165) is 0 Å². The minimum Gasteiger partial charge on any atom is -0.388 e. The summed E-state index contributed by atoms with van der Waals surface area (Å²) in [6, 6.07) is 1.16. The fourth-order valence-electron chi connectivity index (χ4n) is 2.09. The van der Waals surface area contributed by atoms with Crippen molar-refractivity contribution in [1.29, 1.82) is 0 Å². The van der Waals surface area contributed by atoms with Crippen LogP contribution in [0.25, 0.3) is 0 Å². The molecule has 0 spiro atoms. The van der Waals surface area contributed by atoms with E-state index in [2.05, 4.69) is 0 Å². The van der Waals surface area contributed by atoms with Crippen molar-refractivity contribution in [1.82, 2.24) is 0 Å². The fraction of sp³-hybridized carbons (Fsp3) is 0.500. The van der Waals surface area contributed by atoms with Crippen molar-refractivity contribution in [2.24, 2.45) is 5.92 Å². The smallest absolute Gasteiger partial charge is 0.161 e. The standard InChI is InChI=1S/C12H13F3O2/c1-6-2-7(5-17-6)12(16)8-3-10(14)11(15)4-9(8)13/h3-4,6-7,12,16H,2,5H2,1H3. The maximum absolute atomic E-state index is 13.4. The van der Waals surface area contributed by atoms with Crippen molar-refractivity contribution >= 4 is 0 Å². The van der Waals surface area contributed by atoms with Crippen LogP contribution in [-0.2, 0) is 4.74 Å². The lowest BCUT2D eigenvalue weighted by atomic mass is 9.93. The predicted octanol–water partition coefficient (Wildman–Crippen LogP) is 2.56. The Labute approximate surface area is 97.0 Å². The second-order valence-electron chi connectivity index (χ2n) is 4.37. The van der Waals surface area contributed by atoms with Crippen LogP contribution in [0.5, 0.6) is 0 Å². The number of rotatable bonds is 2. The number of hydrogen-bond donors (Lipinski definition) is 1. The van der Waals surface area contributed by atoms with Crippen LogP contribution in [0, 0.1) is 23.4 Å². The van der Waals surface area contributed by atoms with Crippen molar-refractivity contribution < 1.29 is 23.0 Å². The van der Waals surface area contributed by atoms with Gasteiger partial charge in [0.05, 0.1) is 18.8 Å². The number of aliphatic hydroxyl groups is 1. The van der Waals surface area contributed by atoms with Gasteiger partial charge in [0.2, 0.25) is 0 Å². The zero-order valence-electron chi connectivity index (χ0n) is 9.29. The maximum Gasteiger partial charge on any atom is 0.161 e. The van der Waals surface area contributed by atoms with Crippen LogP contribution in [0.2, 0.25) is 0 Å². The molecule has 5 heteroatoms. The summed E-state index contributed by atoms with van der Waals surface area (Å²) in [5.74, 6) is -3.64. The summed E-state index contributed by atoms with van der Waals surface area (Å²) < 4.78 is 44.4. The monoisotopic (exact) mass is 246 g/mol. The molecule has 1 N–H and O–H groups in total. The van der Waals surface area contributed by atoms with Gasteiger partial charge in [0.15, 0.2) is 11.6 Å². The van der Waals surface area contributed by atoms with Gasteiger partial charge in [0.25, 0.3) is 0 Å². The summed E-state index contributed by atoms with van der Waals surface area (Å²) in [5.41, 5.74) is -0.216. The Hall–Kier alpha value is -1.07. The first-order valence-electron chi connectivity index (χ1n) is 5.43. The van der Waals surface area contributed by atoms with Gasteiger partial charge in [-0.05, 0) is 19.4 Å². The molecule has 3 unspecified atom stereocenters. The normalized spacial score (nSPS) is 26.2. The van der Waals surface area contributed by atoms with Crippen LogP contribution in [-0.4, -0.2) is 17.8 Å². The zero-order valence-corrected chi connectivity index (χ0v) is 9.29. The quantitative estimate of drug-likeness (QED) is 0.813. The molecule has 1 heterocycles. The van der Waals surface area contributed by atoms with Crippen LogP contribution in [0.3, 0.4) is 0 Å². The minimum atomic E-state index is -1.26. The van der Waals surface area contributed by atoms with Gasteiger partial charge >= 0.3 is 0 Å². The first-order valence-corrected chi connectivity index (χ1v) is 5.43. The third-order valence-corrected chi connectivity index (χ3v) is 3.03. The number of halogens is 3. The van der Waals surface area contributed by atoms with Crippen LogP contribution < -0.4 is 0 Å². The molecule has 0 aromatic heterocycles. The Morgan fingerprint density at radius 2 is 1.88 bits per heavy atom. The maximum atomic E-state index is 13.4. The van der Waals surface area contributed by atoms with Crippen molar-refractivity contribution in [3.63, 3.8) is 0 Å². The highest BCUT2D eigenvalue weighted by Gasteiger charge is 2.31. The van der Waals surface area contributed by atoms with E-state index in [1.54, 1.807) is 0 Å². The number of ether oxygens (including phenoxy) is 1. The van der Waals surface area contributed by atoms with Crippen LogP contribution in [0.15, 0.2) is 12.1 Å². The van der Waals surface area contributed by atoms with Gasteiger partial charge < -0.3 is 9.84 Å². The first-order chi connectivity index (χ1) is 7.99. The summed E-state index contributed by atoms with van der Waals surface area (Å²) in [6.07, 6.45) is -0.613. The van der Waals surface area contributed by atoms with Gasteiger partial charge in [-0.15, -0.1) is 0 Å². The molecule has 0 amide bonds. The van der Waals surface area contributed by atoms with E-state index < -0.39 is 23.6 Å². The molecule has 0 bridgehead atoms. The molecule has 3 atom stereocenters. The summed E-state index contributed by atoms with van der Waals surface area (Å²) in [4.78, 5) is 0. The van der Waals surface area contributed by atoms with Crippen molar-refractivity contribution in [3.05, 3.63) is 35.1 Å². The van der Waals surface area contributed by atoms with Crippen molar-refractivity contribution in [3.8, 4) is 0 Å². The summed E-state index contributed by atoms with van der Waals surface area (Å²) in [5, 5.41) is 9.93. The van der Waals surface area contributed by atoms with Gasteiger partial charge in [-0.2, -0.15) is 0 Å². The Morgan fingerprint density at radius 1 is 1.24 bits per heavy atom. The van der Waals surface area contributed by atoms with Gasteiger partial charge in [0.1, 0.15) is 5.82 Å². The van der Waals surface area contributed by atoms with E-state index in [4.69, 9.17) is 4.74 Å². The average molecular weight is 246 g/mol. The summed E-state index contributed by atoms with van der Waals surface area (Å²) >= 11 is 0. The second kappa shape index (κ2) is 4.66. The van der Waals surface area contributed by atoms with Crippen LogP contribution in [0.1, 0.15) is 25.0 Å². The molecule has 0 radical (unpaired) electrons. The van der Waals surface area contributed by atoms with Crippen LogP contribution >= 0.6 is 0 Å². The molecule has 1 aliphatic heterocycles. The molecule has 2 nitrogen and oxygen atoms in total. The lowest BCUT2D eigenvalue weighted by Crippen LogP contribution is -2.15. The molecule has 0 saturated carbocycles. The SMILES string of the molecule is CC1CC(C(O)c2cc(F)c(F)cc2F)CO1. The van der Waals surface area contributed by atoms with E-state index in [9.17, 15) is 18.3 Å². The highest BCUT2D eigenvalue weighted by atomic mass is 19.2. The van der Waals surface area contributed by atoms with Crippen molar-refractivity contribution in [2.45, 2.75) is 25.6 Å². The number of benzene rings is 1. The third-order valence-electron chi connectivity index (χ3n) is 3.03. The van der Waals surface area contributed by atoms with Crippen LogP contribution in [0.4, 0.5) is 13.2 Å².